The van der Waals surface area contributed by atoms with Crippen molar-refractivity contribution in [3.05, 3.63) is 47.8 Å². The SMILES string of the molecule is COCC(C)N(Cc1cccc(OC)c1)C(=O)c1ccn(C(F)F)n1. The Morgan fingerprint density at radius 2 is 2.08 bits per heavy atom. The summed E-state index contributed by atoms with van der Waals surface area (Å²) < 4.78 is 36.2. The van der Waals surface area contributed by atoms with Crippen molar-refractivity contribution in [3.8, 4) is 5.75 Å². The highest BCUT2D eigenvalue weighted by Gasteiger charge is 2.24. The molecule has 2 aromatic rings. The first-order chi connectivity index (χ1) is 12.0. The molecule has 0 aliphatic carbocycles. The zero-order valence-corrected chi connectivity index (χ0v) is 14.4. The quantitative estimate of drug-likeness (QED) is 0.732. The van der Waals surface area contributed by atoms with Crippen molar-refractivity contribution in [1.82, 2.24) is 14.7 Å². The molecule has 1 atom stereocenters. The second-order valence-electron chi connectivity index (χ2n) is 5.55. The Hall–Kier alpha value is -2.48. The van der Waals surface area contributed by atoms with Crippen LogP contribution in [0.1, 0.15) is 29.5 Å². The number of nitrogens with zero attached hydrogens (tertiary/aromatic N) is 3. The fourth-order valence-electron chi connectivity index (χ4n) is 2.43. The molecule has 1 amide bonds. The molecule has 0 saturated heterocycles. The van der Waals surface area contributed by atoms with E-state index in [1.54, 1.807) is 13.2 Å². The van der Waals surface area contributed by atoms with E-state index in [0.29, 0.717) is 17.0 Å². The van der Waals surface area contributed by atoms with E-state index in [4.69, 9.17) is 9.47 Å². The molecule has 0 aliphatic rings. The van der Waals surface area contributed by atoms with Crippen molar-refractivity contribution in [1.29, 1.82) is 0 Å². The lowest BCUT2D eigenvalue weighted by molar-refractivity contribution is 0.0496. The van der Waals surface area contributed by atoms with Crippen LogP contribution in [0.15, 0.2) is 36.5 Å². The lowest BCUT2D eigenvalue weighted by Gasteiger charge is -2.28. The summed E-state index contributed by atoms with van der Waals surface area (Å²) in [4.78, 5) is 14.3. The highest BCUT2D eigenvalue weighted by atomic mass is 19.3. The Bertz CT molecular complexity index is 706. The molecule has 0 saturated carbocycles. The van der Waals surface area contributed by atoms with Crippen molar-refractivity contribution >= 4 is 5.91 Å². The number of hydrogen-bond donors (Lipinski definition) is 0. The van der Waals surface area contributed by atoms with Crippen LogP contribution in [-0.4, -0.2) is 47.5 Å². The lowest BCUT2D eigenvalue weighted by Crippen LogP contribution is -2.40. The first-order valence-corrected chi connectivity index (χ1v) is 7.72. The van der Waals surface area contributed by atoms with Crippen molar-refractivity contribution < 1.29 is 23.0 Å². The molecule has 0 spiro atoms. The van der Waals surface area contributed by atoms with Crippen LogP contribution >= 0.6 is 0 Å². The van der Waals surface area contributed by atoms with Gasteiger partial charge in [-0.2, -0.15) is 13.9 Å². The second-order valence-corrected chi connectivity index (χ2v) is 5.55. The van der Waals surface area contributed by atoms with Gasteiger partial charge < -0.3 is 14.4 Å². The topological polar surface area (TPSA) is 56.6 Å². The Balaban J connectivity index is 2.26. The summed E-state index contributed by atoms with van der Waals surface area (Å²) in [6.45, 7) is -0.372. The number of alkyl halides is 2. The normalized spacial score (nSPS) is 12.2. The maximum Gasteiger partial charge on any atom is 0.333 e. The van der Waals surface area contributed by atoms with Gasteiger partial charge in [0.1, 0.15) is 5.75 Å². The highest BCUT2D eigenvalue weighted by Crippen LogP contribution is 2.18. The molecular formula is C17H21F2N3O3. The largest absolute Gasteiger partial charge is 0.497 e. The molecule has 1 unspecified atom stereocenters. The third-order valence-electron chi connectivity index (χ3n) is 3.72. The molecule has 1 aromatic carbocycles. The molecule has 1 aromatic heterocycles. The summed E-state index contributed by atoms with van der Waals surface area (Å²) in [7, 11) is 3.10. The second kappa shape index (κ2) is 8.57. The predicted molar refractivity (Wildman–Crippen MR) is 87.7 cm³/mol. The molecule has 1 heterocycles. The summed E-state index contributed by atoms with van der Waals surface area (Å²) in [5.74, 6) is 0.234. The van der Waals surface area contributed by atoms with E-state index in [9.17, 15) is 13.6 Å². The van der Waals surface area contributed by atoms with Gasteiger partial charge in [0.15, 0.2) is 5.69 Å². The number of hydrogen-bond acceptors (Lipinski definition) is 4. The fourth-order valence-corrected chi connectivity index (χ4v) is 2.43. The van der Waals surface area contributed by atoms with Gasteiger partial charge in [-0.1, -0.05) is 12.1 Å². The van der Waals surface area contributed by atoms with Crippen LogP contribution in [0.25, 0.3) is 0 Å². The van der Waals surface area contributed by atoms with Crippen LogP contribution in [0, 0.1) is 0 Å². The van der Waals surface area contributed by atoms with Gasteiger partial charge in [-0.05, 0) is 30.7 Å². The molecule has 0 N–H and O–H groups in total. The van der Waals surface area contributed by atoms with Gasteiger partial charge in [0.25, 0.3) is 5.91 Å². The van der Waals surface area contributed by atoms with Gasteiger partial charge in [0.2, 0.25) is 0 Å². The van der Waals surface area contributed by atoms with Crippen LogP contribution in [0.4, 0.5) is 8.78 Å². The smallest absolute Gasteiger partial charge is 0.333 e. The molecule has 0 fully saturated rings. The van der Waals surface area contributed by atoms with Gasteiger partial charge in [-0.3, -0.25) is 4.79 Å². The molecule has 8 heteroatoms. The Morgan fingerprint density at radius 1 is 1.32 bits per heavy atom. The summed E-state index contributed by atoms with van der Waals surface area (Å²) in [6.07, 6.45) is 1.09. The van der Waals surface area contributed by atoms with Gasteiger partial charge in [0, 0.05) is 19.9 Å². The highest BCUT2D eigenvalue weighted by molar-refractivity contribution is 5.92. The maximum absolute atomic E-state index is 12.8. The lowest BCUT2D eigenvalue weighted by atomic mass is 10.1. The minimum Gasteiger partial charge on any atom is -0.497 e. The monoisotopic (exact) mass is 353 g/mol. The minimum atomic E-state index is -2.79. The van der Waals surface area contributed by atoms with Crippen molar-refractivity contribution in [2.45, 2.75) is 26.1 Å². The van der Waals surface area contributed by atoms with Crippen molar-refractivity contribution in [2.24, 2.45) is 0 Å². The van der Waals surface area contributed by atoms with Crippen LogP contribution in [0.5, 0.6) is 5.75 Å². The summed E-state index contributed by atoms with van der Waals surface area (Å²) in [5.41, 5.74) is 0.815. The number of rotatable bonds is 8. The molecule has 2 rings (SSSR count). The predicted octanol–water partition coefficient (Wildman–Crippen LogP) is 2.96. The van der Waals surface area contributed by atoms with Crippen LogP contribution in [-0.2, 0) is 11.3 Å². The van der Waals surface area contributed by atoms with Crippen LogP contribution in [0.2, 0.25) is 0 Å². The summed E-state index contributed by atoms with van der Waals surface area (Å²) >= 11 is 0. The van der Waals surface area contributed by atoms with E-state index in [-0.39, 0.29) is 18.3 Å². The zero-order valence-electron chi connectivity index (χ0n) is 14.4. The van der Waals surface area contributed by atoms with E-state index in [1.165, 1.54) is 18.1 Å². The number of benzene rings is 1. The summed E-state index contributed by atoms with van der Waals surface area (Å²) in [5, 5.41) is 3.66. The van der Waals surface area contributed by atoms with E-state index >= 15 is 0 Å². The molecule has 0 bridgehead atoms. The number of aromatic nitrogens is 2. The first-order valence-electron chi connectivity index (χ1n) is 7.72. The van der Waals surface area contributed by atoms with Gasteiger partial charge >= 0.3 is 6.55 Å². The van der Waals surface area contributed by atoms with Crippen LogP contribution in [0.3, 0.4) is 0 Å². The molecule has 136 valence electrons. The number of halogens is 2. The first kappa shape index (κ1) is 18.9. The Labute approximate surface area is 144 Å². The third kappa shape index (κ3) is 4.76. The van der Waals surface area contributed by atoms with E-state index in [1.807, 2.05) is 25.1 Å². The summed E-state index contributed by atoms with van der Waals surface area (Å²) in [6, 6.07) is 8.33. The van der Waals surface area contributed by atoms with Crippen molar-refractivity contribution in [2.75, 3.05) is 20.8 Å². The van der Waals surface area contributed by atoms with Crippen molar-refractivity contribution in [3.63, 3.8) is 0 Å². The van der Waals surface area contributed by atoms with Crippen LogP contribution < -0.4 is 4.74 Å². The van der Waals surface area contributed by atoms with Gasteiger partial charge in [-0.25, -0.2) is 4.68 Å². The van der Waals surface area contributed by atoms with Gasteiger partial charge in [-0.15, -0.1) is 0 Å². The number of ether oxygens (including phenoxy) is 2. The third-order valence-corrected chi connectivity index (χ3v) is 3.72. The number of methoxy groups -OCH3 is 2. The van der Waals surface area contributed by atoms with Gasteiger partial charge in [0.05, 0.1) is 19.8 Å². The van der Waals surface area contributed by atoms with E-state index in [2.05, 4.69) is 5.10 Å². The van der Waals surface area contributed by atoms with E-state index < -0.39 is 12.5 Å². The molecule has 0 aliphatic heterocycles. The fraction of sp³-hybridized carbons (Fsp3) is 0.412. The molecular weight excluding hydrogens is 332 g/mol. The van der Waals surface area contributed by atoms with E-state index in [0.717, 1.165) is 11.8 Å². The average molecular weight is 353 g/mol. The molecule has 6 nitrogen and oxygen atoms in total. The Kier molecular flexibility index (Phi) is 6.46. The Morgan fingerprint density at radius 3 is 2.68 bits per heavy atom. The molecule has 0 radical (unpaired) electrons. The number of carbonyl (C=O) groups is 1. The minimum absolute atomic E-state index is 0.0360. The molecule has 25 heavy (non-hydrogen) atoms. The number of amides is 1. The maximum atomic E-state index is 12.8. The standard InChI is InChI=1S/C17H21F2N3O3/c1-12(11-24-2)21(10-13-5-4-6-14(9-13)25-3)16(23)15-7-8-22(20-15)17(18)19/h4-9,12,17H,10-11H2,1-3H3. The average Bonchev–Trinajstić information content (AvgIpc) is 3.10. The zero-order chi connectivity index (χ0) is 18.4. The number of carbonyl (C=O) groups excluding carboxylic acids is 1.